The second-order valence-electron chi connectivity index (χ2n) is 4.21. The molecule has 0 radical (unpaired) electrons. The summed E-state index contributed by atoms with van der Waals surface area (Å²) >= 11 is 0. The molecule has 0 N–H and O–H groups in total. The van der Waals surface area contributed by atoms with E-state index < -0.39 is 0 Å². The van der Waals surface area contributed by atoms with Crippen molar-refractivity contribution in [1.82, 2.24) is 0 Å². The van der Waals surface area contributed by atoms with Gasteiger partial charge in [-0.2, -0.15) is 0 Å². The summed E-state index contributed by atoms with van der Waals surface area (Å²) < 4.78 is 5.22. The third-order valence-corrected chi connectivity index (χ3v) is 2.93. The zero-order valence-corrected chi connectivity index (χ0v) is 9.75. The van der Waals surface area contributed by atoms with Crippen molar-refractivity contribution in [3.8, 4) is 0 Å². The van der Waals surface area contributed by atoms with E-state index in [2.05, 4.69) is 0 Å². The molecule has 0 aliphatic carbocycles. The molecule has 2 heteroatoms. The topological polar surface area (TPSA) is 26.3 Å². The molecule has 1 aliphatic rings. The molecule has 0 saturated carbocycles. The highest BCUT2D eigenvalue weighted by molar-refractivity contribution is 6.10. The third-order valence-electron chi connectivity index (χ3n) is 2.93. The van der Waals surface area contributed by atoms with E-state index in [0.717, 1.165) is 41.7 Å². The van der Waals surface area contributed by atoms with Crippen molar-refractivity contribution < 1.29 is 9.53 Å². The molecule has 0 atom stereocenters. The predicted molar refractivity (Wildman–Crippen MR) is 63.5 cm³/mol. The summed E-state index contributed by atoms with van der Waals surface area (Å²) in [6.07, 6.45) is 3.38. The first-order chi connectivity index (χ1) is 7.70. The maximum Gasteiger partial charge on any atom is 0.192 e. The lowest BCUT2D eigenvalue weighted by molar-refractivity contribution is 0.101. The number of ether oxygens (including phenoxy) is 1. The van der Waals surface area contributed by atoms with Gasteiger partial charge in [-0.15, -0.1) is 0 Å². The average Bonchev–Trinajstić information content (AvgIpc) is 2.30. The van der Waals surface area contributed by atoms with Gasteiger partial charge in [-0.25, -0.2) is 0 Å². The van der Waals surface area contributed by atoms with Gasteiger partial charge in [0.1, 0.15) is 0 Å². The van der Waals surface area contributed by atoms with E-state index in [1.54, 1.807) is 6.26 Å². The van der Waals surface area contributed by atoms with Crippen molar-refractivity contribution >= 4 is 5.78 Å². The van der Waals surface area contributed by atoms with Gasteiger partial charge in [-0.1, -0.05) is 18.2 Å². The second-order valence-corrected chi connectivity index (χ2v) is 4.21. The molecule has 2 nitrogen and oxygen atoms in total. The number of carbonyl (C=O) groups excluding carboxylic acids is 1. The molecule has 1 aromatic carbocycles. The minimum absolute atomic E-state index is 0.121. The van der Waals surface area contributed by atoms with Gasteiger partial charge < -0.3 is 4.74 Å². The number of rotatable bonds is 2. The number of ketones is 1. The molecule has 1 heterocycles. The Kier molecular flexibility index (Phi) is 3.09. The van der Waals surface area contributed by atoms with Crippen LogP contribution < -0.4 is 0 Å². The smallest absolute Gasteiger partial charge is 0.192 e. The van der Waals surface area contributed by atoms with Crippen LogP contribution in [-0.4, -0.2) is 12.4 Å². The SMILES string of the molecule is Cc1cccc(C)c1C(=O)C1=COCCC1. The first kappa shape index (κ1) is 10.9. The van der Waals surface area contributed by atoms with E-state index in [1.807, 2.05) is 32.0 Å². The maximum absolute atomic E-state index is 12.3. The first-order valence-electron chi connectivity index (χ1n) is 5.61. The van der Waals surface area contributed by atoms with Crippen molar-refractivity contribution in [2.24, 2.45) is 0 Å². The van der Waals surface area contributed by atoms with E-state index in [-0.39, 0.29) is 5.78 Å². The van der Waals surface area contributed by atoms with Crippen LogP contribution in [-0.2, 0) is 4.74 Å². The molecular weight excluding hydrogens is 200 g/mol. The Morgan fingerprint density at radius 1 is 1.25 bits per heavy atom. The summed E-state index contributed by atoms with van der Waals surface area (Å²) in [6.45, 7) is 4.68. The number of hydrogen-bond donors (Lipinski definition) is 0. The van der Waals surface area contributed by atoms with E-state index in [0.29, 0.717) is 0 Å². The molecule has 2 rings (SSSR count). The largest absolute Gasteiger partial charge is 0.501 e. The van der Waals surface area contributed by atoms with Crippen LogP contribution in [0.1, 0.15) is 34.3 Å². The highest BCUT2D eigenvalue weighted by Crippen LogP contribution is 2.22. The van der Waals surface area contributed by atoms with Crippen molar-refractivity contribution in [3.05, 3.63) is 46.7 Å². The molecule has 1 aromatic rings. The Labute approximate surface area is 95.9 Å². The number of carbonyl (C=O) groups is 1. The number of allylic oxidation sites excluding steroid dienone is 1. The minimum Gasteiger partial charge on any atom is -0.501 e. The highest BCUT2D eigenvalue weighted by Gasteiger charge is 2.18. The Bertz CT molecular complexity index is 424. The molecule has 0 bridgehead atoms. The summed E-state index contributed by atoms with van der Waals surface area (Å²) in [6, 6.07) is 5.93. The van der Waals surface area contributed by atoms with Crippen LogP contribution in [0.2, 0.25) is 0 Å². The monoisotopic (exact) mass is 216 g/mol. The molecule has 84 valence electrons. The summed E-state index contributed by atoms with van der Waals surface area (Å²) in [5, 5.41) is 0. The first-order valence-corrected chi connectivity index (χ1v) is 5.61. The van der Waals surface area contributed by atoms with Crippen molar-refractivity contribution in [3.63, 3.8) is 0 Å². The van der Waals surface area contributed by atoms with E-state index in [1.165, 1.54) is 0 Å². The fourth-order valence-corrected chi connectivity index (χ4v) is 2.06. The lowest BCUT2D eigenvalue weighted by Crippen LogP contribution is -2.11. The van der Waals surface area contributed by atoms with Gasteiger partial charge >= 0.3 is 0 Å². The Hall–Kier alpha value is -1.57. The molecule has 0 spiro atoms. The zero-order chi connectivity index (χ0) is 11.5. The van der Waals surface area contributed by atoms with Crippen LogP contribution >= 0.6 is 0 Å². The Morgan fingerprint density at radius 2 is 1.94 bits per heavy atom. The molecular formula is C14H16O2. The Balaban J connectivity index is 2.37. The van der Waals surface area contributed by atoms with E-state index in [4.69, 9.17) is 4.74 Å². The van der Waals surface area contributed by atoms with Gasteiger partial charge in [0.25, 0.3) is 0 Å². The molecule has 0 unspecified atom stereocenters. The summed E-state index contributed by atoms with van der Waals surface area (Å²) in [4.78, 5) is 12.3. The molecule has 0 saturated heterocycles. The quantitative estimate of drug-likeness (QED) is 0.710. The van der Waals surface area contributed by atoms with Gasteiger partial charge in [-0.3, -0.25) is 4.79 Å². The number of aryl methyl sites for hydroxylation is 2. The van der Waals surface area contributed by atoms with E-state index >= 15 is 0 Å². The van der Waals surface area contributed by atoms with Crippen LogP contribution in [0.4, 0.5) is 0 Å². The second kappa shape index (κ2) is 4.52. The highest BCUT2D eigenvalue weighted by atomic mass is 16.5. The number of benzene rings is 1. The lowest BCUT2D eigenvalue weighted by atomic mass is 9.93. The fraction of sp³-hybridized carbons (Fsp3) is 0.357. The predicted octanol–water partition coefficient (Wildman–Crippen LogP) is 3.18. The average molecular weight is 216 g/mol. The van der Waals surface area contributed by atoms with Gasteiger partial charge in [0, 0.05) is 11.1 Å². The van der Waals surface area contributed by atoms with Gasteiger partial charge in [0.05, 0.1) is 12.9 Å². The van der Waals surface area contributed by atoms with Gasteiger partial charge in [0.15, 0.2) is 5.78 Å². The van der Waals surface area contributed by atoms with E-state index in [9.17, 15) is 4.79 Å². The van der Waals surface area contributed by atoms with Gasteiger partial charge in [0.2, 0.25) is 0 Å². The number of hydrogen-bond acceptors (Lipinski definition) is 2. The minimum atomic E-state index is 0.121. The molecule has 0 fully saturated rings. The summed E-state index contributed by atoms with van der Waals surface area (Å²) in [5.41, 5.74) is 3.70. The standard InChI is InChI=1S/C14H16O2/c1-10-5-3-6-11(2)13(10)14(15)12-7-4-8-16-9-12/h3,5-6,9H,4,7-8H2,1-2H3. The van der Waals surface area contributed by atoms with Crippen LogP contribution in [0.5, 0.6) is 0 Å². The summed E-state index contributed by atoms with van der Waals surface area (Å²) in [5.74, 6) is 0.121. The van der Waals surface area contributed by atoms with Crippen molar-refractivity contribution in [2.75, 3.05) is 6.61 Å². The zero-order valence-electron chi connectivity index (χ0n) is 9.75. The lowest BCUT2D eigenvalue weighted by Gasteiger charge is -2.15. The van der Waals surface area contributed by atoms with Gasteiger partial charge in [-0.05, 0) is 37.8 Å². The maximum atomic E-state index is 12.3. The van der Waals surface area contributed by atoms with Crippen LogP contribution in [0, 0.1) is 13.8 Å². The van der Waals surface area contributed by atoms with Crippen LogP contribution in [0.15, 0.2) is 30.0 Å². The summed E-state index contributed by atoms with van der Waals surface area (Å²) in [7, 11) is 0. The molecule has 0 amide bonds. The van der Waals surface area contributed by atoms with Crippen molar-refractivity contribution in [2.45, 2.75) is 26.7 Å². The third kappa shape index (κ3) is 2.01. The fourth-order valence-electron chi connectivity index (χ4n) is 2.06. The molecule has 1 aliphatic heterocycles. The number of Topliss-reactive ketones (excluding diaryl/α,β-unsaturated/α-hetero) is 1. The normalized spacial score (nSPS) is 15.2. The van der Waals surface area contributed by atoms with Crippen LogP contribution in [0.3, 0.4) is 0 Å². The molecule has 0 aromatic heterocycles. The van der Waals surface area contributed by atoms with Crippen molar-refractivity contribution in [1.29, 1.82) is 0 Å². The van der Waals surface area contributed by atoms with Crippen LogP contribution in [0.25, 0.3) is 0 Å². The molecule has 16 heavy (non-hydrogen) atoms. The Morgan fingerprint density at radius 3 is 2.50 bits per heavy atom.